The molecule has 230 valence electrons. The minimum Gasteiger partial charge on any atom is -0.150 e. The maximum atomic E-state index is 5.91. The average molecular weight is 657 g/mol. The molecule has 0 bridgehead atoms. The molecule has 0 heterocycles. The lowest BCUT2D eigenvalue weighted by atomic mass is 10.0. The molecule has 0 fully saturated rings. The third-order valence-electron chi connectivity index (χ3n) is 8.31. The Hall–Kier alpha value is 1.28. The highest BCUT2D eigenvalue weighted by Gasteiger charge is 2.01. The van der Waals surface area contributed by atoms with Crippen LogP contribution in [-0.2, 0) is 0 Å². The van der Waals surface area contributed by atoms with Crippen LogP contribution in [0.1, 0.15) is 205 Å². The van der Waals surface area contributed by atoms with Gasteiger partial charge in [-0.25, -0.2) is 0 Å². The molecule has 0 atom stereocenters. The lowest BCUT2D eigenvalue weighted by Gasteiger charge is -2.05. The van der Waals surface area contributed by atoms with E-state index in [-0.39, 0.29) is 0 Å². The predicted molar refractivity (Wildman–Crippen MR) is 185 cm³/mol. The summed E-state index contributed by atoms with van der Waals surface area (Å²) in [7, 11) is -1.34. The van der Waals surface area contributed by atoms with Gasteiger partial charge in [0, 0.05) is 5.33 Å². The van der Waals surface area contributed by atoms with E-state index >= 15 is 0 Å². The molecule has 0 saturated carbocycles. The lowest BCUT2D eigenvalue weighted by Crippen LogP contribution is -1.91. The predicted octanol–water partition coefficient (Wildman–Crippen LogP) is 14.6. The van der Waals surface area contributed by atoms with Crippen molar-refractivity contribution in [2.45, 2.75) is 212 Å². The molecule has 0 N–H and O–H groups in total. The van der Waals surface area contributed by atoms with E-state index < -0.39 is 7.42 Å². The van der Waals surface area contributed by atoms with Gasteiger partial charge in [-0.3, -0.25) is 0 Å². The van der Waals surface area contributed by atoms with Crippen LogP contribution in [-0.4, -0.2) is 12.7 Å². The molecule has 0 spiro atoms. The quantitative estimate of drug-likeness (QED) is 0.0280. The van der Waals surface area contributed by atoms with Crippen molar-refractivity contribution in [1.29, 1.82) is 0 Å². The zero-order chi connectivity index (χ0) is 27.6. The number of halogens is 3. The molecule has 0 aliphatic rings. The second kappa shape index (κ2) is 36.3. The van der Waals surface area contributed by atoms with Crippen LogP contribution >= 0.6 is 38.1 Å². The minimum absolute atomic E-state index is 1.10. The zero-order valence-corrected chi connectivity index (χ0v) is 30.0. The van der Waals surface area contributed by atoms with Crippen LogP contribution in [0.3, 0.4) is 0 Å². The molecule has 0 amide bonds. The van der Waals surface area contributed by atoms with Crippen LogP contribution in [0.25, 0.3) is 0 Å². The summed E-state index contributed by atoms with van der Waals surface area (Å²) in [5, 5.41) is 1.18. The minimum atomic E-state index is -1.34. The maximum Gasteiger partial charge on any atom is 0.237 e. The van der Waals surface area contributed by atoms with Crippen LogP contribution in [0.5, 0.6) is 0 Å². The Labute approximate surface area is 261 Å². The summed E-state index contributed by atoms with van der Waals surface area (Å²) >= 11 is 15.3. The van der Waals surface area contributed by atoms with Gasteiger partial charge in [0.15, 0.2) is 0 Å². The molecule has 0 aromatic heterocycles. The lowest BCUT2D eigenvalue weighted by molar-refractivity contribution is 0.512. The summed E-state index contributed by atoms with van der Waals surface area (Å²) in [6.07, 6.45) is 46.5. The average Bonchev–Trinajstić information content (AvgIpc) is 2.91. The van der Waals surface area contributed by atoms with E-state index in [4.69, 9.17) is 22.2 Å². The van der Waals surface area contributed by atoms with Crippen molar-refractivity contribution in [3.8, 4) is 0 Å². The molecular weight excluding hydrogens is 587 g/mol. The largest absolute Gasteiger partial charge is 0.237 e. The van der Waals surface area contributed by atoms with E-state index in [1.807, 2.05) is 0 Å². The van der Waals surface area contributed by atoms with Crippen molar-refractivity contribution in [3.63, 3.8) is 0 Å². The normalized spacial score (nSPS) is 11.7. The monoisotopic (exact) mass is 654 g/mol. The zero-order valence-electron chi connectivity index (χ0n) is 25.8. The fourth-order valence-corrected chi connectivity index (χ4v) is 7.62. The van der Waals surface area contributed by atoms with E-state index in [9.17, 15) is 0 Å². The van der Waals surface area contributed by atoms with Gasteiger partial charge in [0.2, 0.25) is 7.42 Å². The first kappa shape index (κ1) is 39.3. The van der Waals surface area contributed by atoms with Crippen molar-refractivity contribution in [3.05, 3.63) is 0 Å². The first-order valence-electron chi connectivity index (χ1n) is 17.6. The molecule has 0 rings (SSSR count). The summed E-state index contributed by atoms with van der Waals surface area (Å²) < 4.78 is 0. The van der Waals surface area contributed by atoms with Gasteiger partial charge in [-0.05, 0) is 12.5 Å². The van der Waals surface area contributed by atoms with E-state index in [0.29, 0.717) is 0 Å². The first-order chi connectivity index (χ1) is 18.8. The Bertz CT molecular complexity index is 408. The van der Waals surface area contributed by atoms with Crippen molar-refractivity contribution in [1.82, 2.24) is 0 Å². The summed E-state index contributed by atoms with van der Waals surface area (Å²) in [6, 6.07) is 1.10. The molecule has 0 radical (unpaired) electrons. The third-order valence-corrected chi connectivity index (χ3v) is 11.0. The molecule has 0 saturated heterocycles. The highest BCUT2D eigenvalue weighted by molar-refractivity contribution is 9.09. The molecule has 0 aliphatic carbocycles. The molecule has 4 heteroatoms. The van der Waals surface area contributed by atoms with Gasteiger partial charge >= 0.3 is 0 Å². The van der Waals surface area contributed by atoms with Crippen LogP contribution in [0.4, 0.5) is 0 Å². The number of unbranched alkanes of at least 4 members (excludes halogenated alkanes) is 31. The summed E-state index contributed by atoms with van der Waals surface area (Å²) in [6.45, 7) is 0. The molecule has 38 heavy (non-hydrogen) atoms. The second-order valence-corrected chi connectivity index (χ2v) is 18.2. The van der Waals surface area contributed by atoms with Gasteiger partial charge in [0.25, 0.3) is 0 Å². The fraction of sp³-hybridized carbons (Fsp3) is 1.00. The smallest absolute Gasteiger partial charge is 0.150 e. The molecule has 0 aromatic carbocycles. The topological polar surface area (TPSA) is 0 Å². The van der Waals surface area contributed by atoms with Crippen molar-refractivity contribution in [2.75, 3.05) is 5.33 Å². The van der Waals surface area contributed by atoms with Crippen LogP contribution < -0.4 is 0 Å². The van der Waals surface area contributed by atoms with E-state index in [2.05, 4.69) is 15.9 Å². The molecular formula is C34H69BrCl2Si. The standard InChI is InChI=1S/C34H69BrCl2Si/c35-33-31-29-27-25-23-21-19-17-15-13-11-9-7-5-3-1-2-4-6-8-10-12-14-16-18-20-22-24-26-28-30-32-34-38(36)37/h38H,1-34H2. The number of alkyl halides is 1. The molecule has 0 aliphatic heterocycles. The Morgan fingerprint density at radius 2 is 0.421 bits per heavy atom. The number of hydrogen-bond acceptors (Lipinski definition) is 0. The van der Waals surface area contributed by atoms with E-state index in [1.165, 1.54) is 211 Å². The van der Waals surface area contributed by atoms with Crippen molar-refractivity contribution >= 4 is 45.5 Å². The molecule has 0 aromatic rings. The van der Waals surface area contributed by atoms with Crippen molar-refractivity contribution in [2.24, 2.45) is 0 Å². The van der Waals surface area contributed by atoms with Crippen molar-refractivity contribution < 1.29 is 0 Å². The fourth-order valence-electron chi connectivity index (χ4n) is 5.70. The van der Waals surface area contributed by atoms with Gasteiger partial charge in [0.05, 0.1) is 0 Å². The Morgan fingerprint density at radius 3 is 0.579 bits per heavy atom. The van der Waals surface area contributed by atoms with Crippen LogP contribution in [0, 0.1) is 0 Å². The van der Waals surface area contributed by atoms with Gasteiger partial charge in [0.1, 0.15) is 0 Å². The summed E-state index contributed by atoms with van der Waals surface area (Å²) in [5.41, 5.74) is 0. The van der Waals surface area contributed by atoms with Crippen LogP contribution in [0.15, 0.2) is 0 Å². The Balaban J connectivity index is 3.02. The van der Waals surface area contributed by atoms with E-state index in [0.717, 1.165) is 6.04 Å². The SMILES string of the molecule is Cl[SiH](Cl)CCCCCCCCCCCCCCCCCCCCCCCCCCCCCCCCCCBr. The highest BCUT2D eigenvalue weighted by Crippen LogP contribution is 2.17. The second-order valence-electron chi connectivity index (χ2n) is 12.2. The number of hydrogen-bond donors (Lipinski definition) is 0. The van der Waals surface area contributed by atoms with Gasteiger partial charge in [-0.2, -0.15) is 22.2 Å². The Morgan fingerprint density at radius 1 is 0.263 bits per heavy atom. The van der Waals surface area contributed by atoms with Gasteiger partial charge < -0.3 is 0 Å². The number of rotatable bonds is 34. The van der Waals surface area contributed by atoms with Gasteiger partial charge in [-0.15, -0.1) is 0 Å². The Kier molecular flexibility index (Phi) is 37.5. The first-order valence-corrected chi connectivity index (χ1v) is 23.0. The van der Waals surface area contributed by atoms with Gasteiger partial charge in [-0.1, -0.05) is 215 Å². The summed E-state index contributed by atoms with van der Waals surface area (Å²) in [4.78, 5) is 0. The molecule has 0 unspecified atom stereocenters. The third kappa shape index (κ3) is 37.3. The van der Waals surface area contributed by atoms with E-state index in [1.54, 1.807) is 0 Å². The van der Waals surface area contributed by atoms with Crippen LogP contribution in [0.2, 0.25) is 6.04 Å². The highest BCUT2D eigenvalue weighted by atomic mass is 79.9. The maximum absolute atomic E-state index is 5.91. The molecule has 0 nitrogen and oxygen atoms in total. The summed E-state index contributed by atoms with van der Waals surface area (Å²) in [5.74, 6) is 0.